The number of rotatable bonds is 4. The summed E-state index contributed by atoms with van der Waals surface area (Å²) in [6.07, 6.45) is 3.23. The highest BCUT2D eigenvalue weighted by Gasteiger charge is 2.30. The minimum absolute atomic E-state index is 0.0523. The van der Waals surface area contributed by atoms with Crippen molar-refractivity contribution in [2.45, 2.75) is 38.8 Å². The molecule has 0 aliphatic carbocycles. The third-order valence-corrected chi connectivity index (χ3v) is 5.62. The molecule has 1 atom stereocenters. The fourth-order valence-corrected chi connectivity index (χ4v) is 3.63. The van der Waals surface area contributed by atoms with Gasteiger partial charge in [0.2, 0.25) is 5.95 Å². The number of anilines is 3. The second kappa shape index (κ2) is 9.11. The van der Waals surface area contributed by atoms with Crippen LogP contribution in [-0.4, -0.2) is 55.7 Å². The molecule has 1 aromatic carbocycles. The first-order valence-corrected chi connectivity index (χ1v) is 11.0. The summed E-state index contributed by atoms with van der Waals surface area (Å²) in [6.45, 7) is 6.51. The predicted octanol–water partition coefficient (Wildman–Crippen LogP) is 5.03. The highest BCUT2D eigenvalue weighted by molar-refractivity contribution is 6.42. The van der Waals surface area contributed by atoms with Crippen molar-refractivity contribution in [1.82, 2.24) is 24.8 Å². The van der Waals surface area contributed by atoms with Gasteiger partial charge in [-0.2, -0.15) is 0 Å². The number of nitrogens with one attached hydrogen (secondary N) is 2. The van der Waals surface area contributed by atoms with E-state index in [0.717, 1.165) is 0 Å². The van der Waals surface area contributed by atoms with Gasteiger partial charge in [0.05, 0.1) is 21.9 Å². The highest BCUT2D eigenvalue weighted by atomic mass is 35.5. The van der Waals surface area contributed by atoms with E-state index in [1.165, 1.54) is 18.5 Å². The first-order valence-electron chi connectivity index (χ1n) is 10.2. The molecule has 0 saturated carbocycles. The average molecular weight is 494 g/mol. The Balaban J connectivity index is 1.52. The Kier molecular flexibility index (Phi) is 6.40. The van der Waals surface area contributed by atoms with E-state index in [1.807, 2.05) is 20.8 Å². The third-order valence-electron chi connectivity index (χ3n) is 4.84. The zero-order chi connectivity index (χ0) is 23.8. The van der Waals surface area contributed by atoms with Crippen molar-refractivity contribution >= 4 is 57.8 Å². The van der Waals surface area contributed by atoms with Gasteiger partial charge in [0.15, 0.2) is 11.6 Å². The Bertz CT molecular complexity index is 1210. The third kappa shape index (κ3) is 5.33. The van der Waals surface area contributed by atoms with Crippen LogP contribution < -0.4 is 10.6 Å². The number of hydrogen-bond donors (Lipinski definition) is 2. The maximum atomic E-state index is 14.5. The molecular weight excluding hydrogens is 472 g/mol. The second-order valence-electron chi connectivity index (χ2n) is 8.55. The molecule has 4 rings (SSSR count). The summed E-state index contributed by atoms with van der Waals surface area (Å²) in [7, 11) is 0. The van der Waals surface area contributed by atoms with Crippen LogP contribution in [-0.2, 0) is 4.74 Å². The number of amides is 1. The van der Waals surface area contributed by atoms with Crippen LogP contribution in [0.3, 0.4) is 0 Å². The quantitative estimate of drug-likeness (QED) is 0.487. The van der Waals surface area contributed by atoms with Gasteiger partial charge < -0.3 is 20.3 Å². The SMILES string of the molecule is CC(C)(C)OC(=O)N1CC[C@H](Nc2ncc3ncnc(Nc4ccc(Cl)c(Cl)c4F)c3n2)C1. The fraction of sp³-hybridized carbons (Fsp3) is 0.381. The minimum Gasteiger partial charge on any atom is -0.444 e. The molecule has 1 amide bonds. The number of nitrogens with zero attached hydrogens (tertiary/aromatic N) is 5. The van der Waals surface area contributed by atoms with E-state index in [-0.39, 0.29) is 33.7 Å². The lowest BCUT2D eigenvalue weighted by Crippen LogP contribution is -2.36. The molecule has 0 unspecified atom stereocenters. The van der Waals surface area contributed by atoms with Crippen LogP contribution in [0.15, 0.2) is 24.7 Å². The molecule has 0 bridgehead atoms. The zero-order valence-corrected chi connectivity index (χ0v) is 19.7. The van der Waals surface area contributed by atoms with E-state index in [0.29, 0.717) is 36.5 Å². The van der Waals surface area contributed by atoms with E-state index in [2.05, 4.69) is 30.6 Å². The molecule has 174 valence electrons. The number of carbonyl (C=O) groups is 1. The lowest BCUT2D eigenvalue weighted by molar-refractivity contribution is 0.0293. The van der Waals surface area contributed by atoms with Gasteiger partial charge in [-0.25, -0.2) is 29.1 Å². The second-order valence-corrected chi connectivity index (χ2v) is 9.34. The van der Waals surface area contributed by atoms with E-state index in [1.54, 1.807) is 11.1 Å². The summed E-state index contributed by atoms with van der Waals surface area (Å²) in [5, 5.41) is 6.05. The molecule has 0 spiro atoms. The topological polar surface area (TPSA) is 105 Å². The summed E-state index contributed by atoms with van der Waals surface area (Å²) in [5.41, 5.74) is 0.408. The van der Waals surface area contributed by atoms with Gasteiger partial charge >= 0.3 is 6.09 Å². The lowest BCUT2D eigenvalue weighted by Gasteiger charge is -2.24. The molecule has 1 aliphatic heterocycles. The molecule has 1 fully saturated rings. The van der Waals surface area contributed by atoms with Gasteiger partial charge in [-0.15, -0.1) is 0 Å². The van der Waals surface area contributed by atoms with Crippen LogP contribution >= 0.6 is 23.2 Å². The highest BCUT2D eigenvalue weighted by Crippen LogP contribution is 2.32. The molecule has 33 heavy (non-hydrogen) atoms. The summed E-state index contributed by atoms with van der Waals surface area (Å²) >= 11 is 11.8. The van der Waals surface area contributed by atoms with Crippen LogP contribution in [0.5, 0.6) is 0 Å². The van der Waals surface area contributed by atoms with Crippen molar-refractivity contribution in [1.29, 1.82) is 0 Å². The van der Waals surface area contributed by atoms with Crippen molar-refractivity contribution in [2.24, 2.45) is 0 Å². The van der Waals surface area contributed by atoms with E-state index in [9.17, 15) is 9.18 Å². The Morgan fingerprint density at radius 1 is 1.24 bits per heavy atom. The van der Waals surface area contributed by atoms with Crippen LogP contribution in [0.1, 0.15) is 27.2 Å². The van der Waals surface area contributed by atoms with Gasteiger partial charge in [0.25, 0.3) is 0 Å². The number of carbonyl (C=O) groups excluding carboxylic acids is 1. The number of likely N-dealkylation sites (tertiary alicyclic amines) is 1. The average Bonchev–Trinajstić information content (AvgIpc) is 3.22. The summed E-state index contributed by atoms with van der Waals surface area (Å²) in [4.78, 5) is 31.1. The number of ether oxygens (including phenoxy) is 1. The normalized spacial score (nSPS) is 16.2. The van der Waals surface area contributed by atoms with Gasteiger partial charge in [-0.1, -0.05) is 23.2 Å². The van der Waals surface area contributed by atoms with Crippen molar-refractivity contribution in [3.63, 3.8) is 0 Å². The Labute approximate surface area is 199 Å². The number of benzene rings is 1. The maximum absolute atomic E-state index is 14.5. The Morgan fingerprint density at radius 2 is 2.03 bits per heavy atom. The van der Waals surface area contributed by atoms with E-state index < -0.39 is 11.4 Å². The summed E-state index contributed by atoms with van der Waals surface area (Å²) in [5.74, 6) is -0.0768. The van der Waals surface area contributed by atoms with Crippen molar-refractivity contribution < 1.29 is 13.9 Å². The standard InChI is InChI=1S/C21H22Cl2FN7O2/c1-21(2,3)33-20(32)31-7-6-11(9-31)28-19-25-8-14-17(30-19)18(27-10-26-14)29-13-5-4-12(22)15(23)16(13)24/h4-5,8,10-11H,6-7,9H2,1-3H3,(H,25,28,30)(H,26,27,29)/t11-/m0/s1. The molecule has 2 N–H and O–H groups in total. The minimum atomic E-state index is -0.698. The Morgan fingerprint density at radius 3 is 2.79 bits per heavy atom. The lowest BCUT2D eigenvalue weighted by atomic mass is 10.2. The van der Waals surface area contributed by atoms with Gasteiger partial charge in [-0.05, 0) is 39.3 Å². The van der Waals surface area contributed by atoms with Gasteiger partial charge in [0, 0.05) is 19.1 Å². The van der Waals surface area contributed by atoms with Crippen molar-refractivity contribution in [3.05, 3.63) is 40.5 Å². The zero-order valence-electron chi connectivity index (χ0n) is 18.2. The molecule has 0 radical (unpaired) electrons. The van der Waals surface area contributed by atoms with Crippen molar-refractivity contribution in [3.8, 4) is 0 Å². The maximum Gasteiger partial charge on any atom is 0.410 e. The number of halogens is 3. The summed E-state index contributed by atoms with van der Waals surface area (Å²) < 4.78 is 19.9. The monoisotopic (exact) mass is 493 g/mol. The molecule has 9 nitrogen and oxygen atoms in total. The largest absolute Gasteiger partial charge is 0.444 e. The summed E-state index contributed by atoms with van der Waals surface area (Å²) in [6, 6.07) is 2.89. The Hall–Kier alpha value is -2.98. The smallest absolute Gasteiger partial charge is 0.410 e. The number of hydrogen-bond acceptors (Lipinski definition) is 8. The van der Waals surface area contributed by atoms with Crippen LogP contribution in [0.2, 0.25) is 10.0 Å². The predicted molar refractivity (Wildman–Crippen MR) is 125 cm³/mol. The van der Waals surface area contributed by atoms with E-state index >= 15 is 0 Å². The first kappa shape index (κ1) is 23.2. The molecule has 12 heteroatoms. The van der Waals surface area contributed by atoms with E-state index in [4.69, 9.17) is 27.9 Å². The fourth-order valence-electron chi connectivity index (χ4n) is 3.32. The number of fused-ring (bicyclic) bond motifs is 1. The molecular formula is C21H22Cl2FN7O2. The number of aromatic nitrogens is 4. The molecule has 2 aromatic heterocycles. The van der Waals surface area contributed by atoms with Crippen LogP contribution in [0.25, 0.3) is 11.0 Å². The molecule has 3 aromatic rings. The van der Waals surface area contributed by atoms with Gasteiger partial charge in [0.1, 0.15) is 23.0 Å². The van der Waals surface area contributed by atoms with Crippen molar-refractivity contribution in [2.75, 3.05) is 23.7 Å². The molecule has 1 saturated heterocycles. The van der Waals surface area contributed by atoms with Crippen LogP contribution in [0.4, 0.5) is 26.6 Å². The first-order chi connectivity index (χ1) is 15.6. The van der Waals surface area contributed by atoms with Gasteiger partial charge in [-0.3, -0.25) is 0 Å². The molecule has 1 aliphatic rings. The molecule has 3 heterocycles. The van der Waals surface area contributed by atoms with Crippen LogP contribution in [0, 0.1) is 5.82 Å².